The van der Waals surface area contributed by atoms with Crippen molar-refractivity contribution in [3.05, 3.63) is 94.5 Å². The van der Waals surface area contributed by atoms with Crippen LogP contribution in [0, 0.1) is 16.7 Å². The van der Waals surface area contributed by atoms with E-state index in [1.165, 1.54) is 49.8 Å². The Morgan fingerprint density at radius 3 is 2.31 bits per heavy atom. The number of allylic oxidation sites excluding steroid dienone is 5. The fourth-order valence-corrected chi connectivity index (χ4v) is 6.33. The van der Waals surface area contributed by atoms with Gasteiger partial charge in [-0.05, 0) is 36.7 Å². The Balaban J connectivity index is 0.000000204. The Bertz CT molecular complexity index is 1660. The molecule has 0 spiro atoms. The maximum atomic E-state index is 12.3. The first-order valence-electron chi connectivity index (χ1n) is 16.4. The van der Waals surface area contributed by atoms with E-state index in [2.05, 4.69) is 35.0 Å². The lowest BCUT2D eigenvalue weighted by molar-refractivity contribution is -0.116. The van der Waals surface area contributed by atoms with Crippen molar-refractivity contribution in [2.45, 2.75) is 84.1 Å². The lowest BCUT2D eigenvalue weighted by atomic mass is 9.78. The van der Waals surface area contributed by atoms with Gasteiger partial charge in [0.05, 0.1) is 12.8 Å². The molecule has 12 heteroatoms. The zero-order valence-corrected chi connectivity index (χ0v) is 31.8. The van der Waals surface area contributed by atoms with Crippen LogP contribution in [0.2, 0.25) is 0 Å². The highest BCUT2D eigenvalue weighted by atomic mass is 35.5. The number of aliphatic hydroxyl groups is 1. The summed E-state index contributed by atoms with van der Waals surface area (Å²) >= 11 is 12.0. The maximum Gasteiger partial charge on any atom is 0.281 e. The topological polar surface area (TPSA) is 112 Å². The van der Waals surface area contributed by atoms with Gasteiger partial charge in [-0.1, -0.05) is 120 Å². The number of benzene rings is 1. The molecule has 49 heavy (non-hydrogen) atoms. The van der Waals surface area contributed by atoms with Crippen molar-refractivity contribution in [3.8, 4) is 0 Å². The molecule has 0 radical (unpaired) electrons. The minimum Gasteiger partial charge on any atom is -0.501 e. The van der Waals surface area contributed by atoms with Gasteiger partial charge in [0.15, 0.2) is 15.4 Å². The molecule has 2 aliphatic rings. The van der Waals surface area contributed by atoms with Crippen LogP contribution in [0.3, 0.4) is 0 Å². The van der Waals surface area contributed by atoms with Crippen LogP contribution >= 0.6 is 34.5 Å². The molecule has 1 atom stereocenters. The van der Waals surface area contributed by atoms with Crippen LogP contribution in [-0.4, -0.2) is 54.2 Å². The Morgan fingerprint density at radius 1 is 1.12 bits per heavy atom. The third kappa shape index (κ3) is 12.2. The number of Topliss-reactive ketones (excluding diaryl/α,β-unsaturated/α-hetero) is 1. The molecule has 1 amide bonds. The van der Waals surface area contributed by atoms with Crippen LogP contribution in [0.1, 0.15) is 83.5 Å². The molecule has 1 saturated carbocycles. The summed E-state index contributed by atoms with van der Waals surface area (Å²) in [7, 11) is 3.46. The molecular formula is C37H49Cl2N5O4S. The summed E-state index contributed by atoms with van der Waals surface area (Å²) < 4.78 is 8.78. The fraction of sp³-hybridized carbons (Fsp3) is 0.486. The number of methoxy groups -OCH3 is 1. The predicted molar refractivity (Wildman–Crippen MR) is 198 cm³/mol. The number of aromatic nitrogens is 4. The molecule has 9 nitrogen and oxygen atoms in total. The van der Waals surface area contributed by atoms with E-state index >= 15 is 0 Å². The van der Waals surface area contributed by atoms with Crippen molar-refractivity contribution in [1.82, 2.24) is 19.3 Å². The maximum absolute atomic E-state index is 12.3. The second-order valence-corrected chi connectivity index (χ2v) is 15.8. The lowest BCUT2D eigenvalue weighted by Gasteiger charge is -2.30. The van der Waals surface area contributed by atoms with Crippen LogP contribution in [0.4, 0.5) is 0 Å². The summed E-state index contributed by atoms with van der Waals surface area (Å²) in [4.78, 5) is 30.5. The highest BCUT2D eigenvalue weighted by molar-refractivity contribution is 7.07. The largest absolute Gasteiger partial charge is 0.501 e. The van der Waals surface area contributed by atoms with Gasteiger partial charge in [-0.2, -0.15) is 10.1 Å². The molecule has 0 saturated heterocycles. The average Bonchev–Trinajstić information content (AvgIpc) is 3.76. The average molecular weight is 731 g/mol. The van der Waals surface area contributed by atoms with Crippen LogP contribution in [0.15, 0.2) is 89.1 Å². The number of carbonyl (C=O) groups is 2. The SMILES string of the molecule is CC(C)(C)C(O)/C(=C/C1CCCCC1)n1cncn1.COC1=CC=C(C(=O)c2ccccc2)CC1(C)C.Cn1ccs/c1=N/C(=O)C(Cl)Cl. The van der Waals surface area contributed by atoms with E-state index in [1.807, 2.05) is 68.6 Å². The van der Waals surface area contributed by atoms with Crippen LogP contribution < -0.4 is 4.80 Å². The van der Waals surface area contributed by atoms with Crippen molar-refractivity contribution < 1.29 is 19.4 Å². The summed E-state index contributed by atoms with van der Waals surface area (Å²) in [6.45, 7) is 10.3. The standard InChI is InChI=1S/C16H18O2.C15H25N3O.C6H6Cl2N2OS/c1-16(2)11-13(9-10-14(16)18-3)15(17)12-7-5-4-6-8-12;1-15(2,3)14(19)13(18-11-16-10-17-18)9-12-7-5-4-6-8-12;1-10-2-3-12-6(10)9-5(11)4(7)8/h4-10H,11H2,1-3H3;9-12,14,19H,4-8H2,1-3H3;2-4H,1H3/b;13-9-;9-6+. The Kier molecular flexibility index (Phi) is 15.2. The van der Waals surface area contributed by atoms with E-state index in [9.17, 15) is 14.7 Å². The third-order valence-corrected chi connectivity index (χ3v) is 9.50. The van der Waals surface area contributed by atoms with Gasteiger partial charge in [-0.15, -0.1) is 11.3 Å². The second-order valence-electron chi connectivity index (χ2n) is 13.8. The fourth-order valence-electron chi connectivity index (χ4n) is 5.50. The van der Waals surface area contributed by atoms with Crippen LogP contribution in [0.25, 0.3) is 5.70 Å². The number of hydrogen-bond acceptors (Lipinski definition) is 7. The zero-order chi connectivity index (χ0) is 36.2. The number of aliphatic hydroxyl groups excluding tert-OH is 1. The van der Waals surface area contributed by atoms with E-state index in [0.29, 0.717) is 17.1 Å². The van der Waals surface area contributed by atoms with E-state index in [4.69, 9.17) is 27.9 Å². The number of thiazole rings is 1. The highest BCUT2D eigenvalue weighted by Crippen LogP contribution is 2.38. The van der Waals surface area contributed by atoms with Crippen molar-refractivity contribution >= 4 is 51.9 Å². The number of aryl methyl sites for hydroxylation is 1. The van der Waals surface area contributed by atoms with Crippen LogP contribution in [0.5, 0.6) is 0 Å². The summed E-state index contributed by atoms with van der Waals surface area (Å²) in [6.07, 6.45) is 17.5. The molecule has 1 fully saturated rings. The first kappa shape index (κ1) is 40.1. The van der Waals surface area contributed by atoms with Gasteiger partial charge in [0.1, 0.15) is 24.5 Å². The zero-order valence-electron chi connectivity index (χ0n) is 29.5. The van der Waals surface area contributed by atoms with Gasteiger partial charge in [-0.25, -0.2) is 9.67 Å². The summed E-state index contributed by atoms with van der Waals surface area (Å²) in [6, 6.07) is 9.40. The van der Waals surface area contributed by atoms with Crippen molar-refractivity contribution in [1.29, 1.82) is 0 Å². The summed E-state index contributed by atoms with van der Waals surface area (Å²) in [5.41, 5.74) is 2.13. The van der Waals surface area contributed by atoms with Gasteiger partial charge in [-0.3, -0.25) is 9.59 Å². The van der Waals surface area contributed by atoms with Gasteiger partial charge in [0.2, 0.25) is 0 Å². The predicted octanol–water partition coefficient (Wildman–Crippen LogP) is 8.18. The van der Waals surface area contributed by atoms with Gasteiger partial charge >= 0.3 is 0 Å². The quantitative estimate of drug-likeness (QED) is 0.194. The normalized spacial score (nSPS) is 17.5. The lowest BCUT2D eigenvalue weighted by Crippen LogP contribution is -2.30. The molecule has 3 aromatic rings. The molecule has 1 unspecified atom stereocenters. The van der Waals surface area contributed by atoms with E-state index in [0.717, 1.165) is 22.6 Å². The first-order valence-corrected chi connectivity index (χ1v) is 18.2. The molecule has 0 bridgehead atoms. The molecule has 2 aromatic heterocycles. The highest BCUT2D eigenvalue weighted by Gasteiger charge is 2.31. The summed E-state index contributed by atoms with van der Waals surface area (Å²) in [5.74, 6) is 1.06. The Hall–Kier alpha value is -3.31. The number of carbonyl (C=O) groups excluding carboxylic acids is 2. The number of ketones is 1. The monoisotopic (exact) mass is 729 g/mol. The smallest absolute Gasteiger partial charge is 0.281 e. The third-order valence-electron chi connectivity index (χ3n) is 8.28. The molecule has 2 heterocycles. The molecule has 5 rings (SSSR count). The van der Waals surface area contributed by atoms with Gasteiger partial charge in [0, 0.05) is 35.2 Å². The molecular weight excluding hydrogens is 681 g/mol. The number of hydrogen-bond donors (Lipinski definition) is 1. The number of ether oxygens (including phenoxy) is 1. The Morgan fingerprint density at radius 2 is 1.80 bits per heavy atom. The molecule has 266 valence electrons. The van der Waals surface area contributed by atoms with Gasteiger partial charge in [0.25, 0.3) is 5.91 Å². The minimum absolute atomic E-state index is 0.107. The number of nitrogens with zero attached hydrogens (tertiary/aromatic N) is 5. The molecule has 2 aliphatic carbocycles. The number of alkyl halides is 2. The number of halogens is 2. The number of amides is 1. The minimum atomic E-state index is -1.08. The molecule has 0 aliphatic heterocycles. The van der Waals surface area contributed by atoms with Crippen molar-refractivity contribution in [2.75, 3.05) is 7.11 Å². The van der Waals surface area contributed by atoms with E-state index in [-0.39, 0.29) is 16.6 Å². The second kappa shape index (κ2) is 18.6. The number of rotatable bonds is 7. The molecule has 1 aromatic carbocycles. The van der Waals surface area contributed by atoms with Crippen LogP contribution in [-0.2, 0) is 16.6 Å². The van der Waals surface area contributed by atoms with E-state index < -0.39 is 16.8 Å². The summed E-state index contributed by atoms with van der Waals surface area (Å²) in [5, 5.41) is 16.6. The Labute approximate surface area is 304 Å². The molecule has 1 N–H and O–H groups in total. The van der Waals surface area contributed by atoms with Gasteiger partial charge < -0.3 is 14.4 Å². The van der Waals surface area contributed by atoms with Crippen molar-refractivity contribution in [3.63, 3.8) is 0 Å². The first-order chi connectivity index (χ1) is 23.1. The van der Waals surface area contributed by atoms with Crippen molar-refractivity contribution in [2.24, 2.45) is 28.8 Å². The van der Waals surface area contributed by atoms with E-state index in [1.54, 1.807) is 35.9 Å².